The maximum Gasteiger partial charge on any atom is 0.341 e. The summed E-state index contributed by atoms with van der Waals surface area (Å²) in [5, 5.41) is 0.433. The number of nitrogens with zero attached hydrogens (tertiary/aromatic N) is 1. The number of halogens is 1. The Morgan fingerprint density at radius 2 is 2.06 bits per heavy atom. The highest BCUT2D eigenvalue weighted by molar-refractivity contribution is 6.33. The summed E-state index contributed by atoms with van der Waals surface area (Å²) in [6, 6.07) is 1.73. The minimum absolute atomic E-state index is 0.341. The van der Waals surface area contributed by atoms with E-state index in [2.05, 4.69) is 4.98 Å². The molecule has 0 radical (unpaired) electrons. The summed E-state index contributed by atoms with van der Waals surface area (Å²) in [6.07, 6.45) is 1.47. The van der Waals surface area contributed by atoms with Gasteiger partial charge < -0.3 is 4.74 Å². The van der Waals surface area contributed by atoms with Gasteiger partial charge in [-0.1, -0.05) is 25.4 Å². The Hall–Kier alpha value is -1.09. The molecule has 1 aromatic rings. The molecule has 0 bridgehead atoms. The number of hydrogen-bond acceptors (Lipinski definition) is 3. The molecule has 0 spiro atoms. The first-order valence-corrected chi connectivity index (χ1v) is 5.87. The van der Waals surface area contributed by atoms with Gasteiger partial charge in [0.15, 0.2) is 0 Å². The van der Waals surface area contributed by atoms with E-state index in [-0.39, 0.29) is 5.97 Å². The maximum absolute atomic E-state index is 11.7. The molecule has 3 nitrogen and oxygen atoms in total. The molecule has 0 amide bonds. The molecule has 1 aromatic heterocycles. The van der Waals surface area contributed by atoms with Gasteiger partial charge in [0, 0.05) is 5.69 Å². The van der Waals surface area contributed by atoms with Gasteiger partial charge in [-0.15, -0.1) is 0 Å². The van der Waals surface area contributed by atoms with Crippen molar-refractivity contribution in [1.29, 1.82) is 0 Å². The molecule has 0 aliphatic carbocycles. The summed E-state index contributed by atoms with van der Waals surface area (Å²) in [7, 11) is 0. The highest BCUT2D eigenvalue weighted by Crippen LogP contribution is 2.22. The second-order valence-electron chi connectivity index (χ2n) is 3.34. The molecule has 0 fully saturated rings. The van der Waals surface area contributed by atoms with Crippen LogP contribution in [0, 0.1) is 0 Å². The van der Waals surface area contributed by atoms with E-state index in [0.29, 0.717) is 29.3 Å². The van der Waals surface area contributed by atoms with Gasteiger partial charge in [0.25, 0.3) is 0 Å². The molecule has 0 saturated heterocycles. The van der Waals surface area contributed by atoms with E-state index < -0.39 is 0 Å². The number of rotatable bonds is 4. The average molecular weight is 242 g/mol. The van der Waals surface area contributed by atoms with Crippen LogP contribution in [0.15, 0.2) is 6.07 Å². The fourth-order valence-electron chi connectivity index (χ4n) is 1.47. The van der Waals surface area contributed by atoms with E-state index in [4.69, 9.17) is 16.3 Å². The topological polar surface area (TPSA) is 39.2 Å². The van der Waals surface area contributed by atoms with Gasteiger partial charge >= 0.3 is 5.97 Å². The molecule has 0 unspecified atom stereocenters. The molecule has 0 atom stereocenters. The first-order valence-electron chi connectivity index (χ1n) is 5.49. The van der Waals surface area contributed by atoms with E-state index >= 15 is 0 Å². The molecule has 0 aliphatic rings. The van der Waals surface area contributed by atoms with Crippen molar-refractivity contribution in [2.75, 3.05) is 6.61 Å². The van der Waals surface area contributed by atoms with Crippen molar-refractivity contribution in [3.05, 3.63) is 28.0 Å². The molecule has 88 valence electrons. The van der Waals surface area contributed by atoms with Crippen molar-refractivity contribution in [3.8, 4) is 0 Å². The Kier molecular flexibility index (Phi) is 4.74. The van der Waals surface area contributed by atoms with Crippen LogP contribution in [0.1, 0.15) is 42.5 Å². The summed E-state index contributed by atoms with van der Waals surface area (Å²) in [6.45, 7) is 6.06. The van der Waals surface area contributed by atoms with Crippen LogP contribution < -0.4 is 0 Å². The third kappa shape index (κ3) is 2.73. The molecular weight excluding hydrogens is 226 g/mol. The van der Waals surface area contributed by atoms with E-state index in [1.165, 1.54) is 0 Å². The second kappa shape index (κ2) is 5.85. The lowest BCUT2D eigenvalue weighted by Crippen LogP contribution is -2.11. The Morgan fingerprint density at radius 3 is 2.56 bits per heavy atom. The monoisotopic (exact) mass is 241 g/mol. The summed E-state index contributed by atoms with van der Waals surface area (Å²) < 4.78 is 4.96. The number of hydrogen-bond donors (Lipinski definition) is 0. The number of esters is 1. The van der Waals surface area contributed by atoms with Gasteiger partial charge in [0.05, 0.1) is 22.9 Å². The molecule has 0 saturated carbocycles. The molecule has 0 aliphatic heterocycles. The zero-order chi connectivity index (χ0) is 12.1. The van der Waals surface area contributed by atoms with Crippen molar-refractivity contribution in [2.24, 2.45) is 0 Å². The van der Waals surface area contributed by atoms with Crippen molar-refractivity contribution >= 4 is 17.6 Å². The lowest BCUT2D eigenvalue weighted by Gasteiger charge is -2.10. The van der Waals surface area contributed by atoms with Gasteiger partial charge in [-0.25, -0.2) is 4.79 Å². The lowest BCUT2D eigenvalue weighted by molar-refractivity contribution is 0.0524. The van der Waals surface area contributed by atoms with Crippen LogP contribution >= 0.6 is 11.6 Å². The number of aromatic nitrogens is 1. The molecule has 16 heavy (non-hydrogen) atoms. The quantitative estimate of drug-likeness (QED) is 0.761. The van der Waals surface area contributed by atoms with E-state index in [1.807, 2.05) is 13.8 Å². The van der Waals surface area contributed by atoms with Crippen LogP contribution in [-0.2, 0) is 17.6 Å². The number of aryl methyl sites for hydroxylation is 2. The van der Waals surface area contributed by atoms with Crippen LogP contribution in [0.25, 0.3) is 0 Å². The zero-order valence-corrected chi connectivity index (χ0v) is 10.6. The van der Waals surface area contributed by atoms with Crippen LogP contribution in [-0.4, -0.2) is 17.6 Å². The van der Waals surface area contributed by atoms with E-state index in [0.717, 1.165) is 12.1 Å². The van der Waals surface area contributed by atoms with Crippen LogP contribution in [0.5, 0.6) is 0 Å². The molecule has 1 heterocycles. The first kappa shape index (κ1) is 13.0. The fourth-order valence-corrected chi connectivity index (χ4v) is 1.79. The predicted molar refractivity (Wildman–Crippen MR) is 64.0 cm³/mol. The second-order valence-corrected chi connectivity index (χ2v) is 3.75. The summed E-state index contributed by atoms with van der Waals surface area (Å²) in [5.41, 5.74) is 2.01. The fraction of sp³-hybridized carbons (Fsp3) is 0.500. The van der Waals surface area contributed by atoms with Crippen molar-refractivity contribution in [2.45, 2.75) is 33.6 Å². The van der Waals surface area contributed by atoms with Crippen LogP contribution in [0.3, 0.4) is 0 Å². The van der Waals surface area contributed by atoms with E-state index in [9.17, 15) is 4.79 Å². The Bertz CT molecular complexity index is 391. The SMILES string of the molecule is CCOC(=O)c1c(Cl)cc(CC)nc1CC. The Labute approximate surface area is 101 Å². The highest BCUT2D eigenvalue weighted by atomic mass is 35.5. The smallest absolute Gasteiger partial charge is 0.341 e. The van der Waals surface area contributed by atoms with Gasteiger partial charge in [0.1, 0.15) is 0 Å². The summed E-state index contributed by atoms with van der Waals surface area (Å²) >= 11 is 6.08. The number of carbonyl (C=O) groups excluding carboxylic acids is 1. The molecule has 4 heteroatoms. The van der Waals surface area contributed by atoms with Crippen LogP contribution in [0.2, 0.25) is 5.02 Å². The first-order chi connectivity index (χ1) is 7.63. The number of ether oxygens (including phenoxy) is 1. The Morgan fingerprint density at radius 1 is 1.38 bits per heavy atom. The summed E-state index contributed by atoms with van der Waals surface area (Å²) in [5.74, 6) is -0.389. The van der Waals surface area contributed by atoms with Gasteiger partial charge in [-0.3, -0.25) is 4.98 Å². The standard InChI is InChI=1S/C12H16ClNO2/c1-4-8-7-9(13)11(10(5-2)14-8)12(15)16-6-3/h7H,4-6H2,1-3H3. The lowest BCUT2D eigenvalue weighted by atomic mass is 10.1. The number of carbonyl (C=O) groups is 1. The van der Waals surface area contributed by atoms with Crippen molar-refractivity contribution in [1.82, 2.24) is 4.98 Å². The third-order valence-corrected chi connectivity index (χ3v) is 2.57. The average Bonchev–Trinajstić information content (AvgIpc) is 2.27. The maximum atomic E-state index is 11.7. The molecule has 0 aromatic carbocycles. The molecular formula is C12H16ClNO2. The van der Waals surface area contributed by atoms with Crippen molar-refractivity contribution in [3.63, 3.8) is 0 Å². The largest absolute Gasteiger partial charge is 0.462 e. The van der Waals surface area contributed by atoms with Crippen LogP contribution in [0.4, 0.5) is 0 Å². The molecule has 0 N–H and O–H groups in total. The Balaban J connectivity index is 3.21. The van der Waals surface area contributed by atoms with Gasteiger partial charge in [0.2, 0.25) is 0 Å². The van der Waals surface area contributed by atoms with Crippen molar-refractivity contribution < 1.29 is 9.53 Å². The predicted octanol–water partition coefficient (Wildman–Crippen LogP) is 3.04. The summed E-state index contributed by atoms with van der Waals surface area (Å²) in [4.78, 5) is 16.1. The third-order valence-electron chi connectivity index (χ3n) is 2.28. The normalized spacial score (nSPS) is 10.2. The molecule has 1 rings (SSSR count). The highest BCUT2D eigenvalue weighted by Gasteiger charge is 2.18. The van der Waals surface area contributed by atoms with Gasteiger partial charge in [-0.2, -0.15) is 0 Å². The van der Waals surface area contributed by atoms with Gasteiger partial charge in [-0.05, 0) is 25.8 Å². The minimum Gasteiger partial charge on any atom is -0.462 e. The minimum atomic E-state index is -0.389. The number of pyridine rings is 1. The zero-order valence-electron chi connectivity index (χ0n) is 9.84. The van der Waals surface area contributed by atoms with E-state index in [1.54, 1.807) is 13.0 Å².